The van der Waals surface area contributed by atoms with Crippen molar-refractivity contribution >= 4 is 27.5 Å². The van der Waals surface area contributed by atoms with E-state index in [1.165, 1.54) is 4.70 Å². The largest absolute Gasteiger partial charge is 0.484 e. The maximum Gasteiger partial charge on any atom is 0.258 e. The van der Waals surface area contributed by atoms with Gasteiger partial charge in [0.25, 0.3) is 5.91 Å². The Kier molecular flexibility index (Phi) is 5.11. The molecule has 3 rings (SSSR count). The third-order valence-electron chi connectivity index (χ3n) is 3.78. The zero-order chi connectivity index (χ0) is 16.9. The number of benzene rings is 2. The summed E-state index contributed by atoms with van der Waals surface area (Å²) in [5.41, 5.74) is 2.06. The van der Waals surface area contributed by atoms with Crippen molar-refractivity contribution in [2.75, 3.05) is 6.61 Å². The zero-order valence-corrected chi connectivity index (χ0v) is 14.6. The molecule has 1 atom stereocenters. The Morgan fingerprint density at radius 1 is 1.21 bits per heavy atom. The fourth-order valence-electron chi connectivity index (χ4n) is 2.26. The van der Waals surface area contributed by atoms with Gasteiger partial charge in [-0.15, -0.1) is 11.3 Å². The van der Waals surface area contributed by atoms with Crippen molar-refractivity contribution < 1.29 is 9.53 Å². The lowest BCUT2D eigenvalue weighted by atomic mass is 10.2. The van der Waals surface area contributed by atoms with E-state index in [4.69, 9.17) is 4.74 Å². The molecule has 0 saturated carbocycles. The van der Waals surface area contributed by atoms with Crippen LogP contribution in [0.2, 0.25) is 0 Å². The summed E-state index contributed by atoms with van der Waals surface area (Å²) < 4.78 is 6.71. The molecular weight excluding hydrogens is 320 g/mol. The van der Waals surface area contributed by atoms with Gasteiger partial charge in [-0.05, 0) is 49.7 Å². The second kappa shape index (κ2) is 7.45. The Morgan fingerprint density at radius 3 is 2.67 bits per heavy atom. The summed E-state index contributed by atoms with van der Waals surface area (Å²) in [5.74, 6) is 0.582. The van der Waals surface area contributed by atoms with Crippen LogP contribution in [0.5, 0.6) is 5.75 Å². The quantitative estimate of drug-likeness (QED) is 0.729. The van der Waals surface area contributed by atoms with Crippen LogP contribution in [0.3, 0.4) is 0 Å². The Hall–Kier alpha value is -2.40. The van der Waals surface area contributed by atoms with Gasteiger partial charge in [-0.3, -0.25) is 4.79 Å². The van der Waals surface area contributed by atoms with E-state index >= 15 is 0 Å². The standard InChI is InChI=1S/C19H20N2O2S/c1-3-13(2)20-18(22)12-23-15-10-8-14(9-11-15)19-21-16-6-4-5-7-17(16)24-19/h4-11,13H,3,12H2,1-2H3,(H,20,22)/t13-/m0/s1. The molecule has 4 nitrogen and oxygen atoms in total. The molecule has 0 aliphatic heterocycles. The van der Waals surface area contributed by atoms with Crippen molar-refractivity contribution in [2.24, 2.45) is 0 Å². The van der Waals surface area contributed by atoms with Crippen LogP contribution in [0, 0.1) is 0 Å². The molecule has 0 radical (unpaired) electrons. The van der Waals surface area contributed by atoms with Gasteiger partial charge < -0.3 is 10.1 Å². The molecule has 0 aliphatic rings. The Labute approximate surface area is 145 Å². The Morgan fingerprint density at radius 2 is 1.96 bits per heavy atom. The first kappa shape index (κ1) is 16.5. The number of hydrogen-bond acceptors (Lipinski definition) is 4. The van der Waals surface area contributed by atoms with Gasteiger partial charge in [0, 0.05) is 11.6 Å². The van der Waals surface area contributed by atoms with Crippen LogP contribution in [0.25, 0.3) is 20.8 Å². The molecule has 24 heavy (non-hydrogen) atoms. The van der Waals surface area contributed by atoms with Crippen LogP contribution in [-0.4, -0.2) is 23.5 Å². The minimum atomic E-state index is -0.0976. The predicted octanol–water partition coefficient (Wildman–Crippen LogP) is 4.26. The molecule has 0 bridgehead atoms. The van der Waals surface area contributed by atoms with Gasteiger partial charge in [0.1, 0.15) is 10.8 Å². The van der Waals surface area contributed by atoms with Crippen LogP contribution in [0.4, 0.5) is 0 Å². The molecule has 0 fully saturated rings. The normalized spacial score (nSPS) is 12.1. The lowest BCUT2D eigenvalue weighted by molar-refractivity contribution is -0.123. The summed E-state index contributed by atoms with van der Waals surface area (Å²) in [4.78, 5) is 16.4. The van der Waals surface area contributed by atoms with Crippen LogP contribution < -0.4 is 10.1 Å². The van der Waals surface area contributed by atoms with Crippen molar-refractivity contribution in [3.63, 3.8) is 0 Å². The average Bonchev–Trinajstić information content (AvgIpc) is 3.04. The number of nitrogens with zero attached hydrogens (tertiary/aromatic N) is 1. The topological polar surface area (TPSA) is 51.2 Å². The first-order chi connectivity index (χ1) is 11.7. The van der Waals surface area contributed by atoms with Crippen LogP contribution in [0.1, 0.15) is 20.3 Å². The molecule has 124 valence electrons. The molecule has 1 heterocycles. The molecule has 2 aromatic carbocycles. The molecule has 3 aromatic rings. The summed E-state index contributed by atoms with van der Waals surface area (Å²) in [6.07, 6.45) is 0.905. The van der Waals surface area contributed by atoms with Crippen LogP contribution in [0.15, 0.2) is 48.5 Å². The lowest BCUT2D eigenvalue weighted by Gasteiger charge is -2.12. The van der Waals surface area contributed by atoms with Crippen molar-refractivity contribution in [1.82, 2.24) is 10.3 Å². The number of amides is 1. The molecule has 1 amide bonds. The van der Waals surface area contributed by atoms with Crippen molar-refractivity contribution in [3.05, 3.63) is 48.5 Å². The predicted molar refractivity (Wildman–Crippen MR) is 98.4 cm³/mol. The molecular formula is C19H20N2O2S. The number of nitrogens with one attached hydrogen (secondary N) is 1. The summed E-state index contributed by atoms with van der Waals surface area (Å²) >= 11 is 1.67. The van der Waals surface area contributed by atoms with E-state index in [9.17, 15) is 4.79 Å². The number of rotatable bonds is 6. The molecule has 0 unspecified atom stereocenters. The van der Waals surface area contributed by atoms with Gasteiger partial charge >= 0.3 is 0 Å². The summed E-state index contributed by atoms with van der Waals surface area (Å²) in [6, 6.07) is 16.0. The highest BCUT2D eigenvalue weighted by Gasteiger charge is 2.08. The first-order valence-corrected chi connectivity index (χ1v) is 8.85. The zero-order valence-electron chi connectivity index (χ0n) is 13.8. The van der Waals surface area contributed by atoms with Crippen molar-refractivity contribution in [2.45, 2.75) is 26.3 Å². The number of thiazole rings is 1. The maximum absolute atomic E-state index is 11.7. The number of fused-ring (bicyclic) bond motifs is 1. The van der Waals surface area contributed by atoms with E-state index in [0.29, 0.717) is 5.75 Å². The van der Waals surface area contributed by atoms with Crippen molar-refractivity contribution in [3.8, 4) is 16.3 Å². The van der Waals surface area contributed by atoms with E-state index in [2.05, 4.69) is 16.4 Å². The SMILES string of the molecule is CC[C@H](C)NC(=O)COc1ccc(-c2nc3ccccc3s2)cc1. The molecule has 5 heteroatoms. The van der Waals surface area contributed by atoms with Gasteiger partial charge in [0.2, 0.25) is 0 Å². The maximum atomic E-state index is 11.7. The van der Waals surface area contributed by atoms with E-state index in [-0.39, 0.29) is 18.6 Å². The second-order valence-electron chi connectivity index (χ2n) is 5.68. The van der Waals surface area contributed by atoms with Gasteiger partial charge in [-0.25, -0.2) is 4.98 Å². The third kappa shape index (κ3) is 3.92. The van der Waals surface area contributed by atoms with Gasteiger partial charge in [0.15, 0.2) is 6.61 Å². The lowest BCUT2D eigenvalue weighted by Crippen LogP contribution is -2.35. The molecule has 0 spiro atoms. The van der Waals surface area contributed by atoms with Gasteiger partial charge in [0.05, 0.1) is 10.2 Å². The highest BCUT2D eigenvalue weighted by atomic mass is 32.1. The third-order valence-corrected chi connectivity index (χ3v) is 4.87. The highest BCUT2D eigenvalue weighted by Crippen LogP contribution is 2.30. The second-order valence-corrected chi connectivity index (χ2v) is 6.71. The number of carbonyl (C=O) groups excluding carboxylic acids is 1. The minimum Gasteiger partial charge on any atom is -0.484 e. The first-order valence-electron chi connectivity index (χ1n) is 8.04. The van der Waals surface area contributed by atoms with E-state index in [1.807, 2.05) is 56.3 Å². The van der Waals surface area contributed by atoms with Crippen LogP contribution in [-0.2, 0) is 4.79 Å². The fourth-order valence-corrected chi connectivity index (χ4v) is 3.23. The summed E-state index contributed by atoms with van der Waals surface area (Å²) in [5, 5.41) is 3.86. The molecule has 0 saturated heterocycles. The minimum absolute atomic E-state index is 0.0326. The van der Waals surface area contributed by atoms with Gasteiger partial charge in [-0.1, -0.05) is 19.1 Å². The molecule has 0 aliphatic carbocycles. The molecule has 1 aromatic heterocycles. The van der Waals surface area contributed by atoms with E-state index in [1.54, 1.807) is 11.3 Å². The van der Waals surface area contributed by atoms with E-state index in [0.717, 1.165) is 22.5 Å². The number of para-hydroxylation sites is 1. The summed E-state index contributed by atoms with van der Waals surface area (Å²) in [6.45, 7) is 4.04. The monoisotopic (exact) mass is 340 g/mol. The smallest absolute Gasteiger partial charge is 0.258 e. The highest BCUT2D eigenvalue weighted by molar-refractivity contribution is 7.21. The Bertz CT molecular complexity index is 794. The Balaban J connectivity index is 1.64. The number of hydrogen-bond donors (Lipinski definition) is 1. The number of carbonyl (C=O) groups is 1. The van der Waals surface area contributed by atoms with Crippen LogP contribution >= 0.6 is 11.3 Å². The average molecular weight is 340 g/mol. The number of ether oxygens (including phenoxy) is 1. The van der Waals surface area contributed by atoms with Gasteiger partial charge in [-0.2, -0.15) is 0 Å². The summed E-state index contributed by atoms with van der Waals surface area (Å²) in [7, 11) is 0. The number of aromatic nitrogens is 1. The fraction of sp³-hybridized carbons (Fsp3) is 0.263. The van der Waals surface area contributed by atoms with E-state index < -0.39 is 0 Å². The van der Waals surface area contributed by atoms with Crippen molar-refractivity contribution in [1.29, 1.82) is 0 Å². The molecule has 1 N–H and O–H groups in total.